The fourth-order valence-electron chi connectivity index (χ4n) is 1.94. The van der Waals surface area contributed by atoms with Gasteiger partial charge in [0.15, 0.2) is 0 Å². The summed E-state index contributed by atoms with van der Waals surface area (Å²) in [6.07, 6.45) is 2.04. The molecule has 0 unspecified atom stereocenters. The average molecular weight is 265 g/mol. The van der Waals surface area contributed by atoms with E-state index in [1.807, 2.05) is 0 Å². The molecule has 1 aliphatic rings. The van der Waals surface area contributed by atoms with Crippen molar-refractivity contribution < 1.29 is 14.0 Å². The van der Waals surface area contributed by atoms with Crippen LogP contribution in [0.2, 0.25) is 0 Å². The molecule has 0 aromatic heterocycles. The molecule has 1 aromatic carbocycles. The molecule has 0 atom stereocenters. The van der Waals surface area contributed by atoms with Crippen LogP contribution in [0.5, 0.6) is 0 Å². The molecule has 2 rings (SSSR count). The Labute approximate surface area is 110 Å². The zero-order valence-electron chi connectivity index (χ0n) is 10.5. The van der Waals surface area contributed by atoms with Gasteiger partial charge in [0.25, 0.3) is 0 Å². The number of hydrogen-bond acceptors (Lipinski definition) is 2. The van der Waals surface area contributed by atoms with Gasteiger partial charge in [0.1, 0.15) is 5.82 Å². The first-order valence-corrected chi connectivity index (χ1v) is 6.23. The minimum absolute atomic E-state index is 0.0208. The predicted octanol–water partition coefficient (Wildman–Crippen LogP) is 1.57. The van der Waals surface area contributed by atoms with Crippen molar-refractivity contribution in [3.63, 3.8) is 0 Å². The summed E-state index contributed by atoms with van der Waals surface area (Å²) in [7, 11) is 0. The Hall–Kier alpha value is -2.11. The number of nitrogens with one attached hydrogen (secondary N) is 2. The standard InChI is InChI=1S/C13H16FN3O2/c14-10-3-5-11(6-4-10)16-13(19)15-9-12(18)17-7-1-2-8-17/h3-6H,1-2,7-9H2,(H2,15,16,19). The third-order valence-electron chi connectivity index (χ3n) is 2.96. The van der Waals surface area contributed by atoms with Crippen molar-refractivity contribution in [2.45, 2.75) is 12.8 Å². The lowest BCUT2D eigenvalue weighted by atomic mass is 10.3. The quantitative estimate of drug-likeness (QED) is 0.871. The molecule has 102 valence electrons. The maximum atomic E-state index is 12.7. The van der Waals surface area contributed by atoms with Crippen molar-refractivity contribution in [1.29, 1.82) is 0 Å². The Kier molecular flexibility index (Phi) is 4.33. The van der Waals surface area contributed by atoms with E-state index in [9.17, 15) is 14.0 Å². The zero-order valence-corrected chi connectivity index (χ0v) is 10.5. The number of rotatable bonds is 3. The maximum Gasteiger partial charge on any atom is 0.319 e. The molecule has 0 spiro atoms. The summed E-state index contributed by atoms with van der Waals surface area (Å²) < 4.78 is 12.7. The van der Waals surface area contributed by atoms with Crippen molar-refractivity contribution in [3.05, 3.63) is 30.1 Å². The van der Waals surface area contributed by atoms with E-state index in [-0.39, 0.29) is 18.3 Å². The Bertz CT molecular complexity index is 455. The van der Waals surface area contributed by atoms with Gasteiger partial charge in [-0.25, -0.2) is 9.18 Å². The Morgan fingerprint density at radius 3 is 2.42 bits per heavy atom. The molecule has 1 saturated heterocycles. The number of hydrogen-bond donors (Lipinski definition) is 2. The lowest BCUT2D eigenvalue weighted by molar-refractivity contribution is -0.128. The van der Waals surface area contributed by atoms with Crippen LogP contribution >= 0.6 is 0 Å². The van der Waals surface area contributed by atoms with E-state index in [2.05, 4.69) is 10.6 Å². The average Bonchev–Trinajstić information content (AvgIpc) is 2.93. The third kappa shape index (κ3) is 3.94. The van der Waals surface area contributed by atoms with Gasteiger partial charge in [0, 0.05) is 18.8 Å². The molecule has 19 heavy (non-hydrogen) atoms. The van der Waals surface area contributed by atoms with Crippen molar-refractivity contribution in [1.82, 2.24) is 10.2 Å². The van der Waals surface area contributed by atoms with Gasteiger partial charge in [-0.05, 0) is 37.1 Å². The Morgan fingerprint density at radius 2 is 1.79 bits per heavy atom. The van der Waals surface area contributed by atoms with Gasteiger partial charge in [-0.15, -0.1) is 0 Å². The molecule has 5 nitrogen and oxygen atoms in total. The Morgan fingerprint density at radius 1 is 1.16 bits per heavy atom. The van der Waals surface area contributed by atoms with Crippen LogP contribution in [-0.2, 0) is 4.79 Å². The fraction of sp³-hybridized carbons (Fsp3) is 0.385. The van der Waals surface area contributed by atoms with E-state index in [4.69, 9.17) is 0 Å². The molecular formula is C13H16FN3O2. The van der Waals surface area contributed by atoms with Gasteiger partial charge in [-0.2, -0.15) is 0 Å². The molecule has 1 fully saturated rings. The summed E-state index contributed by atoms with van der Waals surface area (Å²) in [5, 5.41) is 5.02. The molecule has 1 aliphatic heterocycles. The van der Waals surface area contributed by atoms with E-state index >= 15 is 0 Å². The number of anilines is 1. The molecule has 2 N–H and O–H groups in total. The number of likely N-dealkylation sites (tertiary alicyclic amines) is 1. The van der Waals surface area contributed by atoms with Gasteiger partial charge in [-0.3, -0.25) is 4.79 Å². The van der Waals surface area contributed by atoms with Crippen LogP contribution in [0.1, 0.15) is 12.8 Å². The molecule has 0 aliphatic carbocycles. The Balaban J connectivity index is 1.75. The minimum Gasteiger partial charge on any atom is -0.341 e. The molecule has 0 saturated carbocycles. The number of amides is 3. The van der Waals surface area contributed by atoms with Crippen LogP contribution < -0.4 is 10.6 Å². The summed E-state index contributed by atoms with van der Waals surface area (Å²) in [5.74, 6) is -0.443. The van der Waals surface area contributed by atoms with Crippen molar-refractivity contribution in [2.24, 2.45) is 0 Å². The number of benzene rings is 1. The molecule has 0 radical (unpaired) electrons. The first-order valence-electron chi connectivity index (χ1n) is 6.23. The van der Waals surface area contributed by atoms with Crippen molar-refractivity contribution in [2.75, 3.05) is 25.0 Å². The van der Waals surface area contributed by atoms with Crippen LogP contribution in [0.15, 0.2) is 24.3 Å². The number of halogens is 1. The smallest absolute Gasteiger partial charge is 0.319 e. The van der Waals surface area contributed by atoms with E-state index in [0.29, 0.717) is 5.69 Å². The number of carbonyl (C=O) groups excluding carboxylic acids is 2. The van der Waals surface area contributed by atoms with Crippen molar-refractivity contribution >= 4 is 17.6 Å². The van der Waals surface area contributed by atoms with Crippen LogP contribution in [0.25, 0.3) is 0 Å². The van der Waals surface area contributed by atoms with Crippen molar-refractivity contribution in [3.8, 4) is 0 Å². The SMILES string of the molecule is O=C(NCC(=O)N1CCCC1)Nc1ccc(F)cc1. The van der Waals surface area contributed by atoms with E-state index < -0.39 is 6.03 Å². The van der Waals surface area contributed by atoms with Gasteiger partial charge in [0.05, 0.1) is 6.54 Å². The van der Waals surface area contributed by atoms with Gasteiger partial charge in [0.2, 0.25) is 5.91 Å². The van der Waals surface area contributed by atoms with Crippen LogP contribution in [0.3, 0.4) is 0 Å². The summed E-state index contributed by atoms with van der Waals surface area (Å²) in [6, 6.07) is 4.95. The number of urea groups is 1. The van der Waals surface area contributed by atoms with E-state index in [0.717, 1.165) is 25.9 Å². The summed E-state index contributed by atoms with van der Waals surface area (Å²) in [4.78, 5) is 24.9. The highest BCUT2D eigenvalue weighted by atomic mass is 19.1. The maximum absolute atomic E-state index is 12.7. The molecule has 6 heteroatoms. The van der Waals surface area contributed by atoms with Gasteiger partial charge in [-0.1, -0.05) is 0 Å². The molecule has 3 amide bonds. The summed E-state index contributed by atoms with van der Waals surface area (Å²) in [5.41, 5.74) is 0.479. The summed E-state index contributed by atoms with van der Waals surface area (Å²) in [6.45, 7) is 1.51. The molecule has 0 bridgehead atoms. The van der Waals surface area contributed by atoms with E-state index in [1.165, 1.54) is 24.3 Å². The lowest BCUT2D eigenvalue weighted by Crippen LogP contribution is -2.40. The number of nitrogens with zero attached hydrogens (tertiary/aromatic N) is 1. The predicted molar refractivity (Wildman–Crippen MR) is 69.2 cm³/mol. The second-order valence-electron chi connectivity index (χ2n) is 4.40. The topological polar surface area (TPSA) is 61.4 Å². The largest absolute Gasteiger partial charge is 0.341 e. The molecule has 1 aromatic rings. The third-order valence-corrected chi connectivity index (χ3v) is 2.96. The molecular weight excluding hydrogens is 249 g/mol. The van der Waals surface area contributed by atoms with Gasteiger partial charge < -0.3 is 15.5 Å². The van der Waals surface area contributed by atoms with Crippen LogP contribution in [0, 0.1) is 5.82 Å². The lowest BCUT2D eigenvalue weighted by Gasteiger charge is -2.15. The zero-order chi connectivity index (χ0) is 13.7. The van der Waals surface area contributed by atoms with Crippen LogP contribution in [0.4, 0.5) is 14.9 Å². The highest BCUT2D eigenvalue weighted by molar-refractivity contribution is 5.92. The monoisotopic (exact) mass is 265 g/mol. The van der Waals surface area contributed by atoms with Gasteiger partial charge >= 0.3 is 6.03 Å². The molecule has 1 heterocycles. The normalized spacial score (nSPS) is 14.3. The highest BCUT2D eigenvalue weighted by Crippen LogP contribution is 2.08. The summed E-state index contributed by atoms with van der Waals surface area (Å²) >= 11 is 0. The first kappa shape index (κ1) is 13.3. The highest BCUT2D eigenvalue weighted by Gasteiger charge is 2.17. The second kappa shape index (κ2) is 6.17. The van der Waals surface area contributed by atoms with Crippen LogP contribution in [-0.4, -0.2) is 36.5 Å². The van der Waals surface area contributed by atoms with E-state index in [1.54, 1.807) is 4.90 Å². The number of carbonyl (C=O) groups is 2. The first-order chi connectivity index (χ1) is 9.15. The fourth-order valence-corrected chi connectivity index (χ4v) is 1.94. The second-order valence-corrected chi connectivity index (χ2v) is 4.40. The minimum atomic E-state index is -0.473.